The molecule has 1 aliphatic rings. The maximum Gasteiger partial charge on any atom is 0.304 e. The summed E-state index contributed by atoms with van der Waals surface area (Å²) in [6, 6.07) is 12.2. The van der Waals surface area contributed by atoms with Crippen molar-refractivity contribution in [1.82, 2.24) is 9.13 Å². The van der Waals surface area contributed by atoms with Gasteiger partial charge in [-0.3, -0.25) is 4.79 Å². The molecule has 0 fully saturated rings. The van der Waals surface area contributed by atoms with Crippen molar-refractivity contribution in [3.63, 3.8) is 0 Å². The van der Waals surface area contributed by atoms with Crippen LogP contribution in [0.2, 0.25) is 5.02 Å². The highest BCUT2D eigenvalue weighted by molar-refractivity contribution is 7.99. The second kappa shape index (κ2) is 7.98. The summed E-state index contributed by atoms with van der Waals surface area (Å²) in [5.74, 6) is -3.01. The zero-order valence-corrected chi connectivity index (χ0v) is 18.7. The van der Waals surface area contributed by atoms with Crippen LogP contribution in [0, 0.1) is 11.6 Å². The monoisotopic (exact) mass is 472 g/mol. The Balaban J connectivity index is 1.84. The Labute approximate surface area is 192 Å². The van der Waals surface area contributed by atoms with Crippen molar-refractivity contribution >= 4 is 40.2 Å². The van der Waals surface area contributed by atoms with Crippen molar-refractivity contribution in [2.45, 2.75) is 35.1 Å². The van der Waals surface area contributed by atoms with Crippen molar-refractivity contribution < 1.29 is 18.7 Å². The molecule has 8 heteroatoms. The van der Waals surface area contributed by atoms with Crippen LogP contribution in [0.15, 0.2) is 58.5 Å². The van der Waals surface area contributed by atoms with E-state index >= 15 is 4.39 Å². The van der Waals surface area contributed by atoms with Crippen molar-refractivity contribution in [3.8, 4) is 11.3 Å². The van der Waals surface area contributed by atoms with Gasteiger partial charge in [0.15, 0.2) is 11.6 Å². The number of aryl methyl sites for hydroxylation is 2. The highest BCUT2D eigenvalue weighted by Gasteiger charge is 2.35. The third-order valence-corrected chi connectivity index (χ3v) is 7.35. The summed E-state index contributed by atoms with van der Waals surface area (Å²) < 4.78 is 33.6. The molecule has 164 valence electrons. The fourth-order valence-electron chi connectivity index (χ4n) is 4.60. The normalized spacial score (nSPS) is 15.4. The Hall–Kier alpha value is -2.77. The standard InChI is InChI=1S/C24H19ClF2N2O2S/c1-28-9-2-3-18(28)16-12-17(26)21(27)23-20(16)24(32-15-6-4-14(25)5-7-15)22-13(11-19(30)31)8-10-29(22)23/h2-7,9,12-13H,8,10-11H2,1H3,(H,30,31). The van der Waals surface area contributed by atoms with Gasteiger partial charge in [-0.05, 0) is 48.9 Å². The minimum absolute atomic E-state index is 0.0614. The molecule has 0 amide bonds. The molecule has 0 spiro atoms. The molecule has 1 N–H and O–H groups in total. The summed E-state index contributed by atoms with van der Waals surface area (Å²) in [6.45, 7) is 0.442. The molecule has 2 aromatic carbocycles. The number of hydrogen-bond donors (Lipinski definition) is 1. The maximum absolute atomic E-state index is 15.2. The Kier molecular flexibility index (Phi) is 5.26. The Morgan fingerprint density at radius 2 is 2.00 bits per heavy atom. The van der Waals surface area contributed by atoms with Crippen LogP contribution in [0.25, 0.3) is 22.2 Å². The molecule has 1 unspecified atom stereocenters. The molecule has 4 nitrogen and oxygen atoms in total. The molecule has 0 saturated heterocycles. The van der Waals surface area contributed by atoms with Gasteiger partial charge in [0.2, 0.25) is 0 Å². The number of aliphatic carboxylic acids is 1. The van der Waals surface area contributed by atoms with Crippen LogP contribution in [-0.2, 0) is 18.4 Å². The highest BCUT2D eigenvalue weighted by Crippen LogP contribution is 2.50. The molecule has 1 atom stereocenters. The number of nitrogens with zero attached hydrogens (tertiary/aromatic N) is 2. The summed E-state index contributed by atoms with van der Waals surface area (Å²) in [5.41, 5.74) is 2.28. The molecular weight excluding hydrogens is 454 g/mol. The Morgan fingerprint density at radius 3 is 2.66 bits per heavy atom. The highest BCUT2D eigenvalue weighted by atomic mass is 35.5. The molecule has 0 bridgehead atoms. The van der Waals surface area contributed by atoms with Gasteiger partial charge in [0, 0.05) is 62.9 Å². The SMILES string of the molecule is Cn1cccc1-c1cc(F)c(F)c2c1c(Sc1ccc(Cl)cc1)c1n2CCC1CC(=O)O. The first-order chi connectivity index (χ1) is 15.3. The first-order valence-corrected chi connectivity index (χ1v) is 11.4. The zero-order chi connectivity index (χ0) is 22.6. The molecular formula is C24H19ClF2N2O2S. The van der Waals surface area contributed by atoms with Gasteiger partial charge in [0.25, 0.3) is 0 Å². The van der Waals surface area contributed by atoms with E-state index in [1.165, 1.54) is 17.8 Å². The third kappa shape index (κ3) is 3.40. The molecule has 32 heavy (non-hydrogen) atoms. The predicted molar refractivity (Wildman–Crippen MR) is 121 cm³/mol. The van der Waals surface area contributed by atoms with E-state index in [4.69, 9.17) is 11.6 Å². The van der Waals surface area contributed by atoms with Crippen molar-refractivity contribution in [3.05, 3.63) is 71.0 Å². The van der Waals surface area contributed by atoms with Gasteiger partial charge < -0.3 is 14.2 Å². The Bertz CT molecular complexity index is 1360. The van der Waals surface area contributed by atoms with E-state index < -0.39 is 17.6 Å². The minimum atomic E-state index is -0.918. The second-order valence-electron chi connectivity index (χ2n) is 7.95. The molecule has 0 radical (unpaired) electrons. The number of carboxylic acids is 1. The number of carboxylic acid groups (broad SMARTS) is 1. The molecule has 3 heterocycles. The lowest BCUT2D eigenvalue weighted by Gasteiger charge is -2.13. The second-order valence-corrected chi connectivity index (χ2v) is 9.47. The minimum Gasteiger partial charge on any atom is -0.481 e. The van der Waals surface area contributed by atoms with E-state index in [1.807, 2.05) is 42.1 Å². The van der Waals surface area contributed by atoms with Crippen LogP contribution in [0.3, 0.4) is 0 Å². The van der Waals surface area contributed by atoms with E-state index in [2.05, 4.69) is 0 Å². The van der Waals surface area contributed by atoms with Gasteiger partial charge in [-0.25, -0.2) is 8.78 Å². The topological polar surface area (TPSA) is 47.2 Å². The number of halogens is 3. The summed E-state index contributed by atoms with van der Waals surface area (Å²) in [5, 5.41) is 10.7. The van der Waals surface area contributed by atoms with E-state index in [0.29, 0.717) is 28.9 Å². The van der Waals surface area contributed by atoms with Crippen LogP contribution in [-0.4, -0.2) is 20.2 Å². The van der Waals surface area contributed by atoms with Crippen molar-refractivity contribution in [2.24, 2.45) is 7.05 Å². The van der Waals surface area contributed by atoms with Crippen LogP contribution in [0.5, 0.6) is 0 Å². The van der Waals surface area contributed by atoms with Gasteiger partial charge in [0.05, 0.1) is 11.9 Å². The summed E-state index contributed by atoms with van der Waals surface area (Å²) >= 11 is 7.47. The van der Waals surface area contributed by atoms with Gasteiger partial charge in [-0.1, -0.05) is 23.4 Å². The Morgan fingerprint density at radius 1 is 1.25 bits per heavy atom. The van der Waals surface area contributed by atoms with E-state index in [-0.39, 0.29) is 17.9 Å². The largest absolute Gasteiger partial charge is 0.481 e. The number of hydrogen-bond acceptors (Lipinski definition) is 2. The van der Waals surface area contributed by atoms with Gasteiger partial charge >= 0.3 is 5.97 Å². The van der Waals surface area contributed by atoms with Crippen molar-refractivity contribution in [2.75, 3.05) is 0 Å². The van der Waals surface area contributed by atoms with Gasteiger partial charge in [-0.15, -0.1) is 0 Å². The lowest BCUT2D eigenvalue weighted by molar-refractivity contribution is -0.137. The number of rotatable bonds is 5. The first kappa shape index (κ1) is 21.1. The number of fused-ring (bicyclic) bond motifs is 3. The smallest absolute Gasteiger partial charge is 0.304 e. The number of benzene rings is 2. The van der Waals surface area contributed by atoms with Crippen LogP contribution in [0.1, 0.15) is 24.5 Å². The number of aromatic nitrogens is 2. The van der Waals surface area contributed by atoms with Gasteiger partial charge in [-0.2, -0.15) is 0 Å². The van der Waals surface area contributed by atoms with E-state index in [9.17, 15) is 14.3 Å². The molecule has 1 aliphatic heterocycles. The number of carbonyl (C=O) groups is 1. The van der Waals surface area contributed by atoms with Crippen LogP contribution in [0.4, 0.5) is 8.78 Å². The molecule has 0 aliphatic carbocycles. The fraction of sp³-hybridized carbons (Fsp3) is 0.208. The average Bonchev–Trinajstić information content (AvgIpc) is 3.43. The molecule has 4 aromatic rings. The lowest BCUT2D eigenvalue weighted by Crippen LogP contribution is -2.04. The lowest BCUT2D eigenvalue weighted by atomic mass is 9.98. The molecule has 0 saturated carbocycles. The summed E-state index contributed by atoms with van der Waals surface area (Å²) in [4.78, 5) is 13.2. The van der Waals surface area contributed by atoms with E-state index in [0.717, 1.165) is 21.2 Å². The van der Waals surface area contributed by atoms with Crippen LogP contribution >= 0.6 is 23.4 Å². The molecule has 5 rings (SSSR count). The van der Waals surface area contributed by atoms with Crippen LogP contribution < -0.4 is 0 Å². The third-order valence-electron chi connectivity index (χ3n) is 5.98. The molecule has 2 aromatic heterocycles. The maximum atomic E-state index is 15.2. The first-order valence-electron chi connectivity index (χ1n) is 10.2. The summed E-state index contributed by atoms with van der Waals surface area (Å²) in [7, 11) is 1.85. The zero-order valence-electron chi connectivity index (χ0n) is 17.1. The average molecular weight is 473 g/mol. The predicted octanol–water partition coefficient (Wildman–Crippen LogP) is 6.69. The van der Waals surface area contributed by atoms with E-state index in [1.54, 1.807) is 16.7 Å². The quantitative estimate of drug-likeness (QED) is 0.352. The fourth-order valence-corrected chi connectivity index (χ4v) is 5.93. The van der Waals surface area contributed by atoms with Gasteiger partial charge in [0.1, 0.15) is 0 Å². The summed E-state index contributed by atoms with van der Waals surface area (Å²) in [6.07, 6.45) is 2.36. The van der Waals surface area contributed by atoms with Crippen molar-refractivity contribution in [1.29, 1.82) is 0 Å².